The Labute approximate surface area is 127 Å². The molecule has 0 aromatic rings. The molecule has 0 bridgehead atoms. The fourth-order valence-corrected chi connectivity index (χ4v) is 5.82. The van der Waals surface area contributed by atoms with Gasteiger partial charge in [0.2, 0.25) is 10.0 Å². The highest BCUT2D eigenvalue weighted by Gasteiger charge is 2.43. The summed E-state index contributed by atoms with van der Waals surface area (Å²) in [5.74, 6) is -0.276. The molecule has 2 saturated carbocycles. The fourth-order valence-electron chi connectivity index (χ4n) is 3.81. The molecule has 2 aliphatic carbocycles. The van der Waals surface area contributed by atoms with Gasteiger partial charge in [-0.05, 0) is 31.6 Å². The van der Waals surface area contributed by atoms with Gasteiger partial charge in [0.1, 0.15) is 0 Å². The molecule has 4 atom stereocenters. The lowest BCUT2D eigenvalue weighted by atomic mass is 9.85. The van der Waals surface area contributed by atoms with E-state index in [-0.39, 0.29) is 6.04 Å². The van der Waals surface area contributed by atoms with Gasteiger partial charge in [-0.1, -0.05) is 32.6 Å². The van der Waals surface area contributed by atoms with Crippen molar-refractivity contribution in [3.8, 4) is 0 Å². The van der Waals surface area contributed by atoms with Crippen LogP contribution in [0.2, 0.25) is 0 Å². The first kappa shape index (κ1) is 16.7. The van der Waals surface area contributed by atoms with Crippen LogP contribution in [0, 0.1) is 11.8 Å². The summed E-state index contributed by atoms with van der Waals surface area (Å²) in [4.78, 5) is 11.7. The molecule has 0 spiro atoms. The van der Waals surface area contributed by atoms with Crippen molar-refractivity contribution in [1.82, 2.24) is 4.72 Å². The minimum absolute atomic E-state index is 0.0348. The molecule has 0 aromatic heterocycles. The van der Waals surface area contributed by atoms with E-state index in [4.69, 9.17) is 4.74 Å². The van der Waals surface area contributed by atoms with Gasteiger partial charge in [-0.2, -0.15) is 0 Å². The number of hydrogen-bond acceptors (Lipinski definition) is 4. The van der Waals surface area contributed by atoms with Gasteiger partial charge >= 0.3 is 5.97 Å². The molecule has 0 amide bonds. The summed E-state index contributed by atoms with van der Waals surface area (Å²) in [5, 5.41) is -0.619. The lowest BCUT2D eigenvalue weighted by Gasteiger charge is -2.30. The maximum Gasteiger partial charge on any atom is 0.310 e. The first-order valence-corrected chi connectivity index (χ1v) is 9.61. The monoisotopic (exact) mass is 317 g/mol. The molecule has 2 aliphatic rings. The summed E-state index contributed by atoms with van der Waals surface area (Å²) < 4.78 is 32.8. The van der Waals surface area contributed by atoms with Crippen molar-refractivity contribution in [2.24, 2.45) is 11.8 Å². The number of carbonyl (C=O) groups is 1. The lowest BCUT2D eigenvalue weighted by Crippen LogP contribution is -2.45. The summed E-state index contributed by atoms with van der Waals surface area (Å²) in [6, 6.07) is 0.0348. The molecule has 0 aliphatic heterocycles. The summed E-state index contributed by atoms with van der Waals surface area (Å²) in [5.41, 5.74) is 0. The molecule has 0 aromatic carbocycles. The highest BCUT2D eigenvalue weighted by molar-refractivity contribution is 7.90. The summed E-state index contributed by atoms with van der Waals surface area (Å²) in [6.45, 7) is 2.16. The van der Waals surface area contributed by atoms with Gasteiger partial charge in [0, 0.05) is 6.04 Å². The van der Waals surface area contributed by atoms with Gasteiger partial charge in [0.05, 0.1) is 18.3 Å². The van der Waals surface area contributed by atoms with Gasteiger partial charge < -0.3 is 4.74 Å². The van der Waals surface area contributed by atoms with E-state index in [1.165, 1.54) is 13.5 Å². The lowest BCUT2D eigenvalue weighted by molar-refractivity contribution is -0.145. The van der Waals surface area contributed by atoms with Gasteiger partial charge in [0.25, 0.3) is 0 Å². The Kier molecular flexibility index (Phi) is 5.66. The van der Waals surface area contributed by atoms with E-state index in [9.17, 15) is 13.2 Å². The van der Waals surface area contributed by atoms with Crippen LogP contribution in [0.4, 0.5) is 0 Å². The zero-order chi connectivity index (χ0) is 15.5. The van der Waals surface area contributed by atoms with Gasteiger partial charge in [0.15, 0.2) is 0 Å². The van der Waals surface area contributed by atoms with Crippen LogP contribution >= 0.6 is 0 Å². The minimum atomic E-state index is -3.45. The first-order chi connectivity index (χ1) is 9.97. The number of esters is 1. The fraction of sp³-hybridized carbons (Fsp3) is 0.933. The highest BCUT2D eigenvalue weighted by Crippen LogP contribution is 2.33. The third kappa shape index (κ3) is 3.97. The zero-order valence-corrected chi connectivity index (χ0v) is 13.8. The molecular formula is C15H27NO4S. The summed E-state index contributed by atoms with van der Waals surface area (Å²) >= 11 is 0. The number of rotatable bonds is 5. The van der Waals surface area contributed by atoms with E-state index >= 15 is 0 Å². The van der Waals surface area contributed by atoms with Crippen LogP contribution < -0.4 is 4.72 Å². The molecule has 5 nitrogen and oxygen atoms in total. The Morgan fingerprint density at radius 1 is 1.19 bits per heavy atom. The van der Waals surface area contributed by atoms with Crippen LogP contribution in [-0.2, 0) is 19.6 Å². The van der Waals surface area contributed by atoms with E-state index in [0.717, 1.165) is 32.1 Å². The van der Waals surface area contributed by atoms with Crippen LogP contribution in [0.1, 0.15) is 58.3 Å². The third-order valence-corrected chi connectivity index (χ3v) is 7.07. The quantitative estimate of drug-likeness (QED) is 0.789. The van der Waals surface area contributed by atoms with Crippen LogP contribution in [0.15, 0.2) is 0 Å². The van der Waals surface area contributed by atoms with Crippen molar-refractivity contribution in [2.45, 2.75) is 69.6 Å². The zero-order valence-electron chi connectivity index (χ0n) is 13.0. The second kappa shape index (κ2) is 7.09. The number of hydrogen-bond donors (Lipinski definition) is 1. The average molecular weight is 317 g/mol. The van der Waals surface area contributed by atoms with Crippen LogP contribution in [-0.4, -0.2) is 32.8 Å². The van der Waals surface area contributed by atoms with E-state index in [1.54, 1.807) is 0 Å². The highest BCUT2D eigenvalue weighted by atomic mass is 32.2. The second-order valence-electron chi connectivity index (χ2n) is 6.40. The van der Waals surface area contributed by atoms with Crippen molar-refractivity contribution in [2.75, 3.05) is 7.11 Å². The van der Waals surface area contributed by atoms with Crippen molar-refractivity contribution in [3.63, 3.8) is 0 Å². The molecule has 4 unspecified atom stereocenters. The van der Waals surface area contributed by atoms with Crippen molar-refractivity contribution < 1.29 is 17.9 Å². The Morgan fingerprint density at radius 3 is 2.57 bits per heavy atom. The molecule has 6 heteroatoms. The molecule has 2 fully saturated rings. The van der Waals surface area contributed by atoms with E-state index in [1.807, 2.05) is 0 Å². The summed E-state index contributed by atoms with van der Waals surface area (Å²) in [7, 11) is -2.12. The Hall–Kier alpha value is -0.620. The van der Waals surface area contributed by atoms with Crippen LogP contribution in [0.5, 0.6) is 0 Å². The topological polar surface area (TPSA) is 72.5 Å². The number of ether oxygens (including phenoxy) is 1. The predicted octanol–water partition coefficient (Wildman–Crippen LogP) is 2.22. The van der Waals surface area contributed by atoms with Crippen LogP contribution in [0.25, 0.3) is 0 Å². The third-order valence-electron chi connectivity index (χ3n) is 5.05. The maximum atomic E-state index is 12.6. The molecule has 0 radical (unpaired) electrons. The van der Waals surface area contributed by atoms with Gasteiger partial charge in [-0.3, -0.25) is 4.79 Å². The summed E-state index contributed by atoms with van der Waals surface area (Å²) in [6.07, 6.45) is 7.15. The average Bonchev–Trinajstić information content (AvgIpc) is 2.96. The van der Waals surface area contributed by atoms with E-state index in [0.29, 0.717) is 18.8 Å². The maximum absolute atomic E-state index is 12.6. The Bertz CT molecular complexity index is 462. The molecule has 21 heavy (non-hydrogen) atoms. The van der Waals surface area contributed by atoms with E-state index < -0.39 is 27.2 Å². The van der Waals surface area contributed by atoms with Gasteiger partial charge in [-0.15, -0.1) is 0 Å². The Morgan fingerprint density at radius 2 is 1.90 bits per heavy atom. The van der Waals surface area contributed by atoms with Gasteiger partial charge in [-0.25, -0.2) is 13.1 Å². The molecular weight excluding hydrogens is 290 g/mol. The number of sulfonamides is 1. The largest absolute Gasteiger partial charge is 0.469 e. The van der Waals surface area contributed by atoms with Crippen molar-refractivity contribution in [1.29, 1.82) is 0 Å². The molecule has 2 rings (SSSR count). The minimum Gasteiger partial charge on any atom is -0.469 e. The number of nitrogens with one attached hydrogen (secondary N) is 1. The number of carbonyl (C=O) groups excluding carboxylic acids is 1. The predicted molar refractivity (Wildman–Crippen MR) is 81.2 cm³/mol. The molecule has 1 N–H and O–H groups in total. The van der Waals surface area contributed by atoms with E-state index in [2.05, 4.69) is 11.6 Å². The number of methoxy groups -OCH3 is 1. The molecule has 0 saturated heterocycles. The smallest absolute Gasteiger partial charge is 0.310 e. The normalized spacial score (nSPS) is 33.8. The Balaban J connectivity index is 2.02. The molecule has 122 valence electrons. The first-order valence-electron chi connectivity index (χ1n) is 8.07. The van der Waals surface area contributed by atoms with Crippen LogP contribution in [0.3, 0.4) is 0 Å². The molecule has 0 heterocycles. The second-order valence-corrected chi connectivity index (χ2v) is 8.33. The SMILES string of the molecule is CCC1CCCC(NS(=O)(=O)C2CCCC2C(=O)OC)C1. The van der Waals surface area contributed by atoms with Crippen molar-refractivity contribution >= 4 is 16.0 Å². The van der Waals surface area contributed by atoms with Crippen molar-refractivity contribution in [3.05, 3.63) is 0 Å². The standard InChI is InChI=1S/C15H27NO4S/c1-3-11-6-4-7-12(10-11)16-21(18,19)14-9-5-8-13(14)15(17)20-2/h11-14,16H,3-10H2,1-2H3.